The maximum absolute atomic E-state index is 10.6. The average molecular weight is 202 g/mol. The topological polar surface area (TPSA) is 78.4 Å². The van der Waals surface area contributed by atoms with Crippen molar-refractivity contribution in [1.82, 2.24) is 10.8 Å². The summed E-state index contributed by atoms with van der Waals surface area (Å²) in [6.45, 7) is 0.723. The molecule has 0 heterocycles. The molecule has 5 nitrogen and oxygen atoms in total. The van der Waals surface area contributed by atoms with Gasteiger partial charge in [-0.2, -0.15) is 0 Å². The minimum absolute atomic E-state index is 0.326. The first kappa shape index (κ1) is 12.9. The molecule has 0 aromatic heterocycles. The lowest BCUT2D eigenvalue weighted by molar-refractivity contribution is -0.129. The Kier molecular flexibility index (Phi) is 9.20. The molecule has 5 heteroatoms. The first-order chi connectivity index (χ1) is 6.81. The van der Waals surface area contributed by atoms with Crippen LogP contribution in [-0.2, 0) is 9.59 Å². The summed E-state index contributed by atoms with van der Waals surface area (Å²) < 4.78 is 0. The fraction of sp³-hybridized carbons (Fsp3) is 0.778. The van der Waals surface area contributed by atoms with E-state index in [1.165, 1.54) is 0 Å². The summed E-state index contributed by atoms with van der Waals surface area (Å²) in [7, 11) is 0. The Hall–Kier alpha value is -1.10. The molecule has 0 bridgehead atoms. The largest absolute Gasteiger partial charge is 0.359 e. The summed E-state index contributed by atoms with van der Waals surface area (Å²) >= 11 is 0. The van der Waals surface area contributed by atoms with E-state index in [1.54, 1.807) is 5.48 Å². The summed E-state index contributed by atoms with van der Waals surface area (Å²) in [5.41, 5.74) is 1.60. The van der Waals surface area contributed by atoms with Crippen LogP contribution < -0.4 is 10.8 Å². The molecule has 0 aliphatic heterocycles. The normalized spacial score (nSPS) is 9.50. The third-order valence-corrected chi connectivity index (χ3v) is 1.93. The molecule has 0 aliphatic carbocycles. The van der Waals surface area contributed by atoms with Crippen molar-refractivity contribution in [2.45, 2.75) is 38.5 Å². The number of nitrogens with one attached hydrogen (secondary N) is 2. The predicted molar refractivity (Wildman–Crippen MR) is 51.7 cm³/mol. The fourth-order valence-corrected chi connectivity index (χ4v) is 1.16. The highest BCUT2D eigenvalue weighted by Crippen LogP contribution is 2.04. The molecular weight excluding hydrogens is 184 g/mol. The van der Waals surface area contributed by atoms with Gasteiger partial charge in [-0.05, 0) is 12.8 Å². The number of carbonyl (C=O) groups is 2. The number of rotatable bonds is 9. The van der Waals surface area contributed by atoms with E-state index in [1.807, 2.05) is 0 Å². The number of carbonyl (C=O) groups excluding carboxylic acids is 2. The van der Waals surface area contributed by atoms with Crippen LogP contribution in [0.25, 0.3) is 0 Å². The van der Waals surface area contributed by atoms with Gasteiger partial charge in [-0.3, -0.25) is 14.8 Å². The van der Waals surface area contributed by atoms with Gasteiger partial charge in [0.05, 0.1) is 0 Å². The van der Waals surface area contributed by atoms with Crippen molar-refractivity contribution in [3.63, 3.8) is 0 Å². The molecule has 0 unspecified atom stereocenters. The molecule has 3 N–H and O–H groups in total. The number of hydrogen-bond acceptors (Lipinski definition) is 3. The zero-order valence-corrected chi connectivity index (χ0v) is 8.29. The molecule has 0 spiro atoms. The lowest BCUT2D eigenvalue weighted by Gasteiger charge is -2.00. The van der Waals surface area contributed by atoms with Crippen molar-refractivity contribution in [3.8, 4) is 0 Å². The van der Waals surface area contributed by atoms with Crippen molar-refractivity contribution in [2.24, 2.45) is 0 Å². The minimum Gasteiger partial charge on any atom is -0.359 e. The fourth-order valence-electron chi connectivity index (χ4n) is 1.16. The molecule has 0 aromatic rings. The van der Waals surface area contributed by atoms with Crippen molar-refractivity contribution in [1.29, 1.82) is 0 Å². The van der Waals surface area contributed by atoms with E-state index >= 15 is 0 Å². The van der Waals surface area contributed by atoms with Gasteiger partial charge in [-0.1, -0.05) is 19.3 Å². The van der Waals surface area contributed by atoms with Gasteiger partial charge < -0.3 is 5.32 Å². The maximum atomic E-state index is 10.6. The molecule has 0 atom stereocenters. The Balaban J connectivity index is 2.98. The molecule has 82 valence electrons. The summed E-state index contributed by atoms with van der Waals surface area (Å²) in [6.07, 6.45) is 5.95. The van der Waals surface area contributed by atoms with Crippen LogP contribution >= 0.6 is 0 Å². The number of amides is 2. The molecule has 0 fully saturated rings. The molecular formula is C9H18N2O3. The van der Waals surface area contributed by atoms with Gasteiger partial charge in [0.2, 0.25) is 12.3 Å². The van der Waals surface area contributed by atoms with Crippen LogP contribution in [0.3, 0.4) is 0 Å². The van der Waals surface area contributed by atoms with E-state index in [9.17, 15) is 9.59 Å². The monoisotopic (exact) mass is 202 g/mol. The third-order valence-electron chi connectivity index (χ3n) is 1.93. The Labute approximate surface area is 83.8 Å². The molecule has 0 radical (unpaired) electrons. The molecule has 0 aliphatic rings. The van der Waals surface area contributed by atoms with Gasteiger partial charge in [-0.15, -0.1) is 0 Å². The lowest BCUT2D eigenvalue weighted by Crippen LogP contribution is -2.17. The third kappa shape index (κ3) is 8.99. The number of unbranched alkanes of at least 4 members (excludes halogenated alkanes) is 4. The first-order valence-electron chi connectivity index (χ1n) is 4.91. The van der Waals surface area contributed by atoms with Crippen LogP contribution in [0.1, 0.15) is 38.5 Å². The summed E-state index contributed by atoms with van der Waals surface area (Å²) in [4.78, 5) is 20.4. The van der Waals surface area contributed by atoms with Gasteiger partial charge in [0.15, 0.2) is 0 Å². The van der Waals surface area contributed by atoms with E-state index in [2.05, 4.69) is 5.32 Å². The second kappa shape index (κ2) is 9.98. The molecule has 0 saturated carbocycles. The van der Waals surface area contributed by atoms with E-state index in [4.69, 9.17) is 5.21 Å². The molecule has 0 rings (SSSR count). The highest BCUT2D eigenvalue weighted by atomic mass is 16.5. The van der Waals surface area contributed by atoms with Crippen LogP contribution in [0.4, 0.5) is 0 Å². The highest BCUT2D eigenvalue weighted by Gasteiger charge is 1.97. The Morgan fingerprint density at radius 2 is 1.79 bits per heavy atom. The smallest absolute Gasteiger partial charge is 0.243 e. The zero-order valence-electron chi connectivity index (χ0n) is 8.29. The molecule has 0 aromatic carbocycles. The molecule has 14 heavy (non-hydrogen) atoms. The standard InChI is InChI=1S/C9H18N2O3/c12-8-10-7-5-3-1-2-4-6-9(13)11-14/h8,14H,1-7H2,(H,10,12)(H,11,13). The van der Waals surface area contributed by atoms with Crippen LogP contribution in [0.5, 0.6) is 0 Å². The SMILES string of the molecule is O=CNCCCCCCCC(=O)NO. The van der Waals surface area contributed by atoms with Crippen LogP contribution in [0, 0.1) is 0 Å². The highest BCUT2D eigenvalue weighted by molar-refractivity contribution is 5.74. The van der Waals surface area contributed by atoms with Gasteiger partial charge in [0.25, 0.3) is 0 Å². The lowest BCUT2D eigenvalue weighted by atomic mass is 10.1. The quantitative estimate of drug-likeness (QED) is 0.221. The van der Waals surface area contributed by atoms with Gasteiger partial charge in [0.1, 0.15) is 0 Å². The van der Waals surface area contributed by atoms with Crippen LogP contribution in [0.15, 0.2) is 0 Å². The Morgan fingerprint density at radius 1 is 1.14 bits per heavy atom. The first-order valence-corrected chi connectivity index (χ1v) is 4.91. The second-order valence-electron chi connectivity index (χ2n) is 3.12. The van der Waals surface area contributed by atoms with E-state index in [0.717, 1.165) is 38.6 Å². The molecule has 0 saturated heterocycles. The van der Waals surface area contributed by atoms with Crippen LogP contribution in [0.2, 0.25) is 0 Å². The Morgan fingerprint density at radius 3 is 2.43 bits per heavy atom. The van der Waals surface area contributed by atoms with Gasteiger partial charge >= 0.3 is 0 Å². The van der Waals surface area contributed by atoms with Crippen molar-refractivity contribution in [2.75, 3.05) is 6.54 Å². The van der Waals surface area contributed by atoms with Crippen molar-refractivity contribution >= 4 is 12.3 Å². The average Bonchev–Trinajstić information content (AvgIpc) is 2.21. The van der Waals surface area contributed by atoms with E-state index < -0.39 is 0 Å². The predicted octanol–water partition coefficient (Wildman–Crippen LogP) is 0.578. The number of hydroxylamine groups is 1. The van der Waals surface area contributed by atoms with E-state index in [0.29, 0.717) is 12.8 Å². The van der Waals surface area contributed by atoms with Crippen molar-refractivity contribution < 1.29 is 14.8 Å². The zero-order chi connectivity index (χ0) is 10.6. The summed E-state index contributed by atoms with van der Waals surface area (Å²) in [5, 5.41) is 10.8. The second-order valence-corrected chi connectivity index (χ2v) is 3.12. The van der Waals surface area contributed by atoms with Gasteiger partial charge in [0, 0.05) is 13.0 Å². The summed E-state index contributed by atoms with van der Waals surface area (Å²) in [5.74, 6) is -0.326. The van der Waals surface area contributed by atoms with Crippen molar-refractivity contribution in [3.05, 3.63) is 0 Å². The minimum atomic E-state index is -0.326. The summed E-state index contributed by atoms with van der Waals surface area (Å²) in [6, 6.07) is 0. The molecule has 2 amide bonds. The number of hydrogen-bond donors (Lipinski definition) is 3. The maximum Gasteiger partial charge on any atom is 0.243 e. The van der Waals surface area contributed by atoms with Crippen LogP contribution in [-0.4, -0.2) is 24.1 Å². The Bertz CT molecular complexity index is 162. The van der Waals surface area contributed by atoms with Gasteiger partial charge in [-0.25, -0.2) is 5.48 Å². The van der Waals surface area contributed by atoms with E-state index in [-0.39, 0.29) is 5.91 Å².